The van der Waals surface area contributed by atoms with Gasteiger partial charge < -0.3 is 5.73 Å². The van der Waals surface area contributed by atoms with Gasteiger partial charge in [-0.15, -0.1) is 10.2 Å². The number of nitrogens with zero attached hydrogens (tertiary/aromatic N) is 4. The van der Waals surface area contributed by atoms with Crippen molar-refractivity contribution < 1.29 is 4.79 Å². The Bertz CT molecular complexity index is 540. The van der Waals surface area contributed by atoms with Crippen LogP contribution in [0.2, 0.25) is 0 Å². The molecule has 0 aliphatic carbocycles. The predicted molar refractivity (Wildman–Crippen MR) is 74.5 cm³/mol. The lowest BCUT2D eigenvalue weighted by molar-refractivity contribution is -0.128. The fraction of sp³-hybridized carbons (Fsp3) is 0.333. The number of rotatable bonds is 3. The molecule has 2 aliphatic heterocycles. The average molecular weight is 299 g/mol. The summed E-state index contributed by atoms with van der Waals surface area (Å²) in [4.78, 5) is 18.0. The zero-order chi connectivity index (χ0) is 12.5. The number of nitrogen functional groups attached to an aromatic ring is 1. The molecule has 0 aromatic carbocycles. The minimum atomic E-state index is -0.110. The Morgan fingerprint density at radius 3 is 3.22 bits per heavy atom. The summed E-state index contributed by atoms with van der Waals surface area (Å²) in [6, 6.07) is 0. The van der Waals surface area contributed by atoms with E-state index in [0.29, 0.717) is 17.3 Å². The molecule has 0 saturated carbocycles. The fourth-order valence-electron chi connectivity index (χ4n) is 1.59. The van der Waals surface area contributed by atoms with E-state index in [4.69, 9.17) is 5.73 Å². The van der Waals surface area contributed by atoms with Crippen LogP contribution in [-0.4, -0.2) is 38.0 Å². The smallest absolute Gasteiger partial charge is 0.234 e. The topological polar surface area (TPSA) is 84.5 Å². The van der Waals surface area contributed by atoms with Crippen LogP contribution >= 0.6 is 34.9 Å². The van der Waals surface area contributed by atoms with Crippen molar-refractivity contribution in [1.82, 2.24) is 15.1 Å². The minimum absolute atomic E-state index is 0.101. The molecular formula is C9H9N5OS3. The van der Waals surface area contributed by atoms with E-state index < -0.39 is 0 Å². The normalized spacial score (nSPS) is 22.2. The second-order valence-corrected chi connectivity index (χ2v) is 6.81. The summed E-state index contributed by atoms with van der Waals surface area (Å²) < 4.78 is 0.808. The van der Waals surface area contributed by atoms with Crippen LogP contribution < -0.4 is 5.73 Å². The maximum atomic E-state index is 11.8. The van der Waals surface area contributed by atoms with Gasteiger partial charge in [0.2, 0.25) is 11.0 Å². The lowest BCUT2D eigenvalue weighted by Crippen LogP contribution is -2.37. The van der Waals surface area contributed by atoms with Crippen LogP contribution in [0.3, 0.4) is 0 Å². The van der Waals surface area contributed by atoms with E-state index in [1.165, 1.54) is 23.1 Å². The number of aromatic nitrogens is 2. The largest absolute Gasteiger partial charge is 0.374 e. The molecule has 0 bridgehead atoms. The van der Waals surface area contributed by atoms with Crippen LogP contribution in [0, 0.1) is 0 Å². The highest BCUT2D eigenvalue weighted by molar-refractivity contribution is 8.03. The molecular weight excluding hydrogens is 290 g/mol. The molecule has 0 spiro atoms. The van der Waals surface area contributed by atoms with E-state index in [2.05, 4.69) is 15.2 Å². The number of thioether (sulfide) groups is 2. The first-order valence-electron chi connectivity index (χ1n) is 5.13. The van der Waals surface area contributed by atoms with Crippen molar-refractivity contribution in [3.63, 3.8) is 0 Å². The molecule has 3 heterocycles. The number of amides is 1. The Labute approximate surface area is 116 Å². The molecule has 0 unspecified atom stereocenters. The van der Waals surface area contributed by atoms with E-state index in [1.54, 1.807) is 22.9 Å². The van der Waals surface area contributed by atoms with Gasteiger partial charge in [0, 0.05) is 17.7 Å². The molecule has 3 rings (SSSR count). The number of anilines is 1. The Balaban J connectivity index is 1.65. The molecule has 2 N–H and O–H groups in total. The number of hydrogen-bond donors (Lipinski definition) is 1. The highest BCUT2D eigenvalue weighted by Gasteiger charge is 2.30. The molecule has 1 amide bonds. The summed E-state index contributed by atoms with van der Waals surface area (Å²) in [5, 5.41) is 10.0. The Morgan fingerprint density at radius 1 is 1.56 bits per heavy atom. The second kappa shape index (κ2) is 4.90. The Kier molecular flexibility index (Phi) is 3.27. The zero-order valence-electron chi connectivity index (χ0n) is 9.15. The molecule has 18 heavy (non-hydrogen) atoms. The lowest BCUT2D eigenvalue weighted by atomic mass is 10.2. The van der Waals surface area contributed by atoms with Gasteiger partial charge in [-0.2, -0.15) is 0 Å². The number of carbonyl (C=O) groups excluding carboxylic acids is 1. The second-order valence-electron chi connectivity index (χ2n) is 3.62. The molecule has 1 aromatic heterocycles. The first kappa shape index (κ1) is 12.0. The van der Waals surface area contributed by atoms with E-state index in [9.17, 15) is 4.79 Å². The van der Waals surface area contributed by atoms with E-state index >= 15 is 0 Å². The quantitative estimate of drug-likeness (QED) is 0.849. The lowest BCUT2D eigenvalue weighted by Gasteiger charge is -2.25. The highest BCUT2D eigenvalue weighted by Crippen LogP contribution is 2.31. The first-order chi connectivity index (χ1) is 8.72. The average Bonchev–Trinajstić information content (AvgIpc) is 2.95. The SMILES string of the molecule is Nc1nnc(SCC2=N[C@H]3SC=CN3C(=O)C2)s1. The first-order valence-corrected chi connectivity index (χ1v) is 7.87. The third-order valence-electron chi connectivity index (χ3n) is 2.38. The van der Waals surface area contributed by atoms with Crippen LogP contribution in [0.1, 0.15) is 6.42 Å². The monoisotopic (exact) mass is 299 g/mol. The van der Waals surface area contributed by atoms with Crippen molar-refractivity contribution in [2.75, 3.05) is 11.5 Å². The van der Waals surface area contributed by atoms with Crippen molar-refractivity contribution in [3.8, 4) is 0 Å². The molecule has 0 saturated heterocycles. The van der Waals surface area contributed by atoms with Gasteiger partial charge in [0.25, 0.3) is 0 Å². The van der Waals surface area contributed by atoms with Crippen LogP contribution in [0.4, 0.5) is 5.13 Å². The molecule has 1 aromatic rings. The van der Waals surface area contributed by atoms with Gasteiger partial charge in [-0.25, -0.2) is 0 Å². The third-order valence-corrected chi connectivity index (χ3v) is 5.19. The summed E-state index contributed by atoms with van der Waals surface area (Å²) in [6.07, 6.45) is 2.17. The van der Waals surface area contributed by atoms with Gasteiger partial charge >= 0.3 is 0 Å². The van der Waals surface area contributed by atoms with Crippen molar-refractivity contribution in [3.05, 3.63) is 11.6 Å². The van der Waals surface area contributed by atoms with Gasteiger partial charge in [-0.05, 0) is 5.41 Å². The van der Waals surface area contributed by atoms with Gasteiger partial charge in [0.15, 0.2) is 9.84 Å². The van der Waals surface area contributed by atoms with Gasteiger partial charge in [0.1, 0.15) is 0 Å². The molecule has 0 radical (unpaired) electrons. The summed E-state index contributed by atoms with van der Waals surface area (Å²) in [5.41, 5.74) is 6.30. The molecule has 1 atom stereocenters. The van der Waals surface area contributed by atoms with Crippen molar-refractivity contribution in [2.45, 2.75) is 16.3 Å². The van der Waals surface area contributed by atoms with E-state index in [-0.39, 0.29) is 11.4 Å². The molecule has 2 aliphatic rings. The minimum Gasteiger partial charge on any atom is -0.374 e. The summed E-state index contributed by atoms with van der Waals surface area (Å²) >= 11 is 4.41. The van der Waals surface area contributed by atoms with Crippen LogP contribution in [0.25, 0.3) is 0 Å². The van der Waals surface area contributed by atoms with Gasteiger partial charge in [-0.1, -0.05) is 34.9 Å². The van der Waals surface area contributed by atoms with Crippen LogP contribution in [0.5, 0.6) is 0 Å². The number of fused-ring (bicyclic) bond motifs is 1. The van der Waals surface area contributed by atoms with Crippen molar-refractivity contribution in [1.29, 1.82) is 0 Å². The highest BCUT2D eigenvalue weighted by atomic mass is 32.2. The summed E-state index contributed by atoms with van der Waals surface area (Å²) in [6.45, 7) is 0. The third kappa shape index (κ3) is 2.38. The number of nitrogens with two attached hydrogens (primary N) is 1. The van der Waals surface area contributed by atoms with Crippen LogP contribution in [0.15, 0.2) is 20.9 Å². The van der Waals surface area contributed by atoms with Gasteiger partial charge in [-0.3, -0.25) is 14.7 Å². The molecule has 9 heteroatoms. The van der Waals surface area contributed by atoms with E-state index in [0.717, 1.165) is 10.1 Å². The summed E-state index contributed by atoms with van der Waals surface area (Å²) in [5.74, 6) is 0.759. The maximum absolute atomic E-state index is 11.8. The van der Waals surface area contributed by atoms with Crippen LogP contribution in [-0.2, 0) is 4.79 Å². The number of hydrogen-bond acceptors (Lipinski definition) is 8. The Morgan fingerprint density at radius 2 is 2.44 bits per heavy atom. The molecule has 94 valence electrons. The summed E-state index contributed by atoms with van der Waals surface area (Å²) in [7, 11) is 0. The predicted octanol–water partition coefficient (Wildman–Crippen LogP) is 1.39. The van der Waals surface area contributed by atoms with Crippen molar-refractivity contribution >= 4 is 51.6 Å². The fourth-order valence-corrected chi connectivity index (χ4v) is 4.04. The Hall–Kier alpha value is -1.06. The molecule has 6 nitrogen and oxygen atoms in total. The zero-order valence-corrected chi connectivity index (χ0v) is 11.6. The number of carbonyl (C=O) groups is 1. The molecule has 0 fully saturated rings. The van der Waals surface area contributed by atoms with Crippen molar-refractivity contribution in [2.24, 2.45) is 4.99 Å². The standard InChI is InChI=1S/C9H9N5OS3/c10-7-12-13-9(18-7)17-4-5-3-6(15)14-1-2-16-8(14)11-5/h1-2,8H,3-4H2,(H2,10,12)/t8-/m1/s1. The van der Waals surface area contributed by atoms with E-state index in [1.807, 2.05) is 5.41 Å². The number of aliphatic imine (C=N–C) groups is 1. The maximum Gasteiger partial charge on any atom is 0.234 e. The van der Waals surface area contributed by atoms with Gasteiger partial charge in [0.05, 0.1) is 6.42 Å².